The molecule has 0 spiro atoms. The van der Waals surface area contributed by atoms with E-state index in [9.17, 15) is 18.7 Å². The van der Waals surface area contributed by atoms with Crippen LogP contribution in [0, 0.1) is 15.9 Å². The van der Waals surface area contributed by atoms with Crippen molar-refractivity contribution in [3.63, 3.8) is 0 Å². The van der Waals surface area contributed by atoms with Crippen molar-refractivity contribution in [1.82, 2.24) is 0 Å². The Morgan fingerprint density at radius 3 is 2.53 bits per heavy atom. The van der Waals surface area contributed by atoms with Crippen LogP contribution in [-0.4, -0.2) is 33.7 Å². The minimum absolute atomic E-state index is 0.258. The highest BCUT2D eigenvalue weighted by Crippen LogP contribution is 2.24. The fourth-order valence-corrected chi connectivity index (χ4v) is 2.80. The molecule has 0 radical (unpaired) electrons. The molecule has 1 aromatic rings. The zero-order valence-electron chi connectivity index (χ0n) is 8.97. The molecule has 0 saturated carbocycles. The van der Waals surface area contributed by atoms with E-state index in [-0.39, 0.29) is 5.69 Å². The SMILES string of the molecule is O=[N+]([O-])c1cc(F)cc(N2CCS(=O)CC2)c1. The van der Waals surface area contributed by atoms with Crippen LogP contribution in [0.5, 0.6) is 0 Å². The van der Waals surface area contributed by atoms with E-state index < -0.39 is 21.5 Å². The first-order valence-electron chi connectivity index (χ1n) is 5.11. The second-order valence-electron chi connectivity index (χ2n) is 3.76. The van der Waals surface area contributed by atoms with E-state index in [2.05, 4.69) is 0 Å². The number of halogens is 1. The van der Waals surface area contributed by atoms with Crippen molar-refractivity contribution < 1.29 is 13.5 Å². The molecule has 17 heavy (non-hydrogen) atoms. The molecular formula is C10H11FN2O3S. The van der Waals surface area contributed by atoms with Gasteiger partial charge in [-0.2, -0.15) is 0 Å². The van der Waals surface area contributed by atoms with E-state index in [0.717, 1.165) is 6.07 Å². The van der Waals surface area contributed by atoms with Crippen LogP contribution in [0.25, 0.3) is 0 Å². The van der Waals surface area contributed by atoms with Crippen molar-refractivity contribution in [3.8, 4) is 0 Å². The van der Waals surface area contributed by atoms with Gasteiger partial charge >= 0.3 is 0 Å². The van der Waals surface area contributed by atoms with Gasteiger partial charge in [-0.1, -0.05) is 0 Å². The lowest BCUT2D eigenvalue weighted by Gasteiger charge is -2.28. The molecular weight excluding hydrogens is 247 g/mol. The Hall–Kier alpha value is -1.50. The van der Waals surface area contributed by atoms with Crippen LogP contribution >= 0.6 is 0 Å². The summed E-state index contributed by atoms with van der Waals surface area (Å²) in [5, 5.41) is 10.6. The van der Waals surface area contributed by atoms with Gasteiger partial charge < -0.3 is 4.90 Å². The summed E-state index contributed by atoms with van der Waals surface area (Å²) < 4.78 is 24.4. The van der Waals surface area contributed by atoms with E-state index in [0.29, 0.717) is 30.3 Å². The molecule has 0 aromatic heterocycles. The fraction of sp³-hybridized carbons (Fsp3) is 0.400. The van der Waals surface area contributed by atoms with E-state index in [1.807, 2.05) is 4.90 Å². The van der Waals surface area contributed by atoms with E-state index in [4.69, 9.17) is 0 Å². The molecule has 2 rings (SSSR count). The van der Waals surface area contributed by atoms with Gasteiger partial charge in [-0.05, 0) is 6.07 Å². The van der Waals surface area contributed by atoms with Gasteiger partial charge in [-0.15, -0.1) is 0 Å². The van der Waals surface area contributed by atoms with E-state index in [1.165, 1.54) is 12.1 Å². The van der Waals surface area contributed by atoms with Crippen molar-refractivity contribution in [2.45, 2.75) is 0 Å². The molecule has 1 heterocycles. The third-order valence-electron chi connectivity index (χ3n) is 2.62. The number of nitrogens with zero attached hydrogens (tertiary/aromatic N) is 2. The minimum Gasteiger partial charge on any atom is -0.369 e. The maximum absolute atomic E-state index is 13.2. The smallest absolute Gasteiger partial charge is 0.274 e. The van der Waals surface area contributed by atoms with Crippen molar-refractivity contribution in [3.05, 3.63) is 34.1 Å². The molecule has 0 atom stereocenters. The Morgan fingerprint density at radius 1 is 1.29 bits per heavy atom. The summed E-state index contributed by atoms with van der Waals surface area (Å²) >= 11 is 0. The molecule has 0 unspecified atom stereocenters. The lowest BCUT2D eigenvalue weighted by Crippen LogP contribution is -2.37. The van der Waals surface area contributed by atoms with Crippen LogP contribution in [0.2, 0.25) is 0 Å². The van der Waals surface area contributed by atoms with Crippen LogP contribution in [0.3, 0.4) is 0 Å². The Labute approximate surface area is 99.8 Å². The molecule has 92 valence electrons. The number of benzene rings is 1. The van der Waals surface area contributed by atoms with Gasteiger partial charge in [0.15, 0.2) is 0 Å². The normalized spacial score (nSPS) is 17.1. The fourth-order valence-electron chi connectivity index (χ4n) is 1.74. The average molecular weight is 258 g/mol. The first kappa shape index (κ1) is 12.0. The number of nitro benzene ring substituents is 1. The second kappa shape index (κ2) is 4.79. The van der Waals surface area contributed by atoms with Gasteiger partial charge in [0.05, 0.1) is 11.0 Å². The second-order valence-corrected chi connectivity index (χ2v) is 5.46. The first-order chi connectivity index (χ1) is 8.06. The first-order valence-corrected chi connectivity index (χ1v) is 6.60. The van der Waals surface area contributed by atoms with Gasteiger partial charge in [-0.3, -0.25) is 14.3 Å². The third-order valence-corrected chi connectivity index (χ3v) is 3.90. The quantitative estimate of drug-likeness (QED) is 0.592. The molecule has 7 heteroatoms. The van der Waals surface area contributed by atoms with Gasteiger partial charge in [0.1, 0.15) is 5.82 Å². The highest BCUT2D eigenvalue weighted by Gasteiger charge is 2.18. The average Bonchev–Trinajstić information content (AvgIpc) is 2.29. The van der Waals surface area contributed by atoms with E-state index >= 15 is 0 Å². The summed E-state index contributed by atoms with van der Waals surface area (Å²) in [7, 11) is -0.823. The Balaban J connectivity index is 2.26. The molecule has 0 aliphatic carbocycles. The van der Waals surface area contributed by atoms with Crippen LogP contribution in [0.15, 0.2) is 18.2 Å². The number of non-ortho nitro benzene ring substituents is 1. The number of nitro groups is 1. The molecule has 0 N–H and O–H groups in total. The number of hydrogen-bond donors (Lipinski definition) is 0. The molecule has 1 aliphatic heterocycles. The van der Waals surface area contributed by atoms with Crippen LogP contribution < -0.4 is 4.90 Å². The van der Waals surface area contributed by atoms with Crippen LogP contribution in [0.1, 0.15) is 0 Å². The zero-order chi connectivity index (χ0) is 12.4. The molecule has 0 bridgehead atoms. The van der Waals surface area contributed by atoms with Crippen molar-refractivity contribution in [1.29, 1.82) is 0 Å². The van der Waals surface area contributed by atoms with Crippen molar-refractivity contribution >= 4 is 22.2 Å². The molecule has 5 nitrogen and oxygen atoms in total. The lowest BCUT2D eigenvalue weighted by atomic mass is 10.2. The summed E-state index contributed by atoms with van der Waals surface area (Å²) in [6.45, 7) is 1.07. The van der Waals surface area contributed by atoms with E-state index in [1.54, 1.807) is 0 Å². The predicted molar refractivity (Wildman–Crippen MR) is 63.1 cm³/mol. The van der Waals surface area contributed by atoms with Crippen LogP contribution in [0.4, 0.5) is 15.8 Å². The molecule has 1 aliphatic rings. The Kier molecular flexibility index (Phi) is 3.37. The summed E-state index contributed by atoms with van der Waals surface area (Å²) in [4.78, 5) is 11.8. The van der Waals surface area contributed by atoms with Crippen molar-refractivity contribution in [2.24, 2.45) is 0 Å². The molecule has 1 aromatic carbocycles. The number of rotatable bonds is 2. The van der Waals surface area contributed by atoms with Gasteiger partial charge in [-0.25, -0.2) is 4.39 Å². The molecule has 1 saturated heterocycles. The highest BCUT2D eigenvalue weighted by molar-refractivity contribution is 7.85. The van der Waals surface area contributed by atoms with Crippen LogP contribution in [-0.2, 0) is 10.8 Å². The van der Waals surface area contributed by atoms with Gasteiger partial charge in [0.25, 0.3) is 5.69 Å². The summed E-state index contributed by atoms with van der Waals surface area (Å²) in [5.41, 5.74) is 0.222. The van der Waals surface area contributed by atoms with Crippen molar-refractivity contribution in [2.75, 3.05) is 29.5 Å². The molecule has 1 fully saturated rings. The van der Waals surface area contributed by atoms with Gasteiger partial charge in [0, 0.05) is 47.1 Å². The summed E-state index contributed by atoms with van der Waals surface area (Å²) in [6, 6.07) is 3.50. The maximum atomic E-state index is 13.2. The Bertz CT molecular complexity index is 471. The van der Waals surface area contributed by atoms with Gasteiger partial charge in [0.2, 0.25) is 0 Å². The number of hydrogen-bond acceptors (Lipinski definition) is 4. The summed E-state index contributed by atoms with van der Waals surface area (Å²) in [6.07, 6.45) is 0. The monoisotopic (exact) mass is 258 g/mol. The summed E-state index contributed by atoms with van der Waals surface area (Å²) in [5.74, 6) is 0.412. The lowest BCUT2D eigenvalue weighted by molar-refractivity contribution is -0.385. The highest BCUT2D eigenvalue weighted by atomic mass is 32.2. The Morgan fingerprint density at radius 2 is 1.94 bits per heavy atom. The zero-order valence-corrected chi connectivity index (χ0v) is 9.78. The maximum Gasteiger partial charge on any atom is 0.274 e. The standard InChI is InChI=1S/C10H11FN2O3S/c11-8-5-9(7-10(6-8)13(14)15)12-1-3-17(16)4-2-12/h5-7H,1-4H2. The largest absolute Gasteiger partial charge is 0.369 e. The minimum atomic E-state index is -0.823. The predicted octanol–water partition coefficient (Wildman–Crippen LogP) is 1.30. The molecule has 0 amide bonds. The number of anilines is 1. The topological polar surface area (TPSA) is 63.5 Å². The third kappa shape index (κ3) is 2.79.